The molecular weight excluding hydrogens is 249 g/mol. The van der Waals surface area contributed by atoms with Gasteiger partial charge in [-0.15, -0.1) is 0 Å². The molecule has 1 aromatic rings. The molecule has 5 heteroatoms. The molecule has 0 aliphatic rings. The van der Waals surface area contributed by atoms with E-state index in [0.717, 1.165) is 6.07 Å². The Hall–Kier alpha value is -1.62. The first-order valence-electron chi connectivity index (χ1n) is 6.16. The number of aromatic hydroxyl groups is 1. The second kappa shape index (κ2) is 6.02. The molecule has 0 saturated carbocycles. The van der Waals surface area contributed by atoms with E-state index in [2.05, 4.69) is 5.32 Å². The number of amides is 1. The summed E-state index contributed by atoms with van der Waals surface area (Å²) in [6, 6.07) is 3.13. The average Bonchev–Trinajstić information content (AvgIpc) is 2.26. The standard InChI is InChI=1S/C14H20FNO3/c1-14(2,3)12(6-7-17)16-13(19)10-5-4-9(18)8-11(10)15/h4-5,8,12,17-18H,6-7H2,1-3H3,(H,16,19). The Morgan fingerprint density at radius 2 is 2.05 bits per heavy atom. The maximum Gasteiger partial charge on any atom is 0.254 e. The first-order chi connectivity index (χ1) is 8.75. The van der Waals surface area contributed by atoms with Crippen molar-refractivity contribution in [1.29, 1.82) is 0 Å². The molecule has 0 radical (unpaired) electrons. The lowest BCUT2D eigenvalue weighted by Gasteiger charge is -2.31. The minimum absolute atomic E-state index is 0.0553. The van der Waals surface area contributed by atoms with Crippen molar-refractivity contribution in [2.75, 3.05) is 6.61 Å². The molecule has 1 amide bonds. The van der Waals surface area contributed by atoms with E-state index in [4.69, 9.17) is 10.2 Å². The van der Waals surface area contributed by atoms with Crippen molar-refractivity contribution in [3.63, 3.8) is 0 Å². The summed E-state index contributed by atoms with van der Waals surface area (Å²) in [5.74, 6) is -1.54. The second-order valence-electron chi connectivity index (χ2n) is 5.57. The van der Waals surface area contributed by atoms with Gasteiger partial charge in [0.05, 0.1) is 5.56 Å². The molecular formula is C14H20FNO3. The van der Waals surface area contributed by atoms with E-state index in [1.54, 1.807) is 0 Å². The second-order valence-corrected chi connectivity index (χ2v) is 5.57. The van der Waals surface area contributed by atoms with Crippen LogP contribution in [0.4, 0.5) is 4.39 Å². The van der Waals surface area contributed by atoms with E-state index in [1.165, 1.54) is 12.1 Å². The van der Waals surface area contributed by atoms with Gasteiger partial charge in [-0.2, -0.15) is 0 Å². The molecule has 0 aromatic heterocycles. The fourth-order valence-corrected chi connectivity index (χ4v) is 1.77. The number of benzene rings is 1. The van der Waals surface area contributed by atoms with Crippen LogP contribution in [0.2, 0.25) is 0 Å². The third kappa shape index (κ3) is 4.21. The maximum atomic E-state index is 13.6. The highest BCUT2D eigenvalue weighted by atomic mass is 19.1. The van der Waals surface area contributed by atoms with Gasteiger partial charge >= 0.3 is 0 Å². The topological polar surface area (TPSA) is 69.6 Å². The minimum atomic E-state index is -0.769. The highest BCUT2D eigenvalue weighted by molar-refractivity contribution is 5.94. The zero-order valence-electron chi connectivity index (χ0n) is 11.4. The average molecular weight is 269 g/mol. The number of hydrogen-bond donors (Lipinski definition) is 3. The fraction of sp³-hybridized carbons (Fsp3) is 0.500. The molecule has 0 spiro atoms. The zero-order valence-corrected chi connectivity index (χ0v) is 11.4. The summed E-state index contributed by atoms with van der Waals surface area (Å²) in [5.41, 5.74) is -0.365. The Labute approximate surface area is 112 Å². The molecule has 19 heavy (non-hydrogen) atoms. The van der Waals surface area contributed by atoms with Crippen LogP contribution >= 0.6 is 0 Å². The maximum absolute atomic E-state index is 13.6. The van der Waals surface area contributed by atoms with Crippen LogP contribution in [-0.2, 0) is 0 Å². The molecule has 3 N–H and O–H groups in total. The van der Waals surface area contributed by atoms with Gasteiger partial charge in [-0.3, -0.25) is 4.79 Å². The highest BCUT2D eigenvalue weighted by Gasteiger charge is 2.26. The summed E-state index contributed by atoms with van der Waals surface area (Å²) in [5, 5.41) is 20.8. The highest BCUT2D eigenvalue weighted by Crippen LogP contribution is 2.22. The van der Waals surface area contributed by atoms with E-state index in [1.807, 2.05) is 20.8 Å². The molecule has 0 saturated heterocycles. The van der Waals surface area contributed by atoms with Crippen LogP contribution in [-0.4, -0.2) is 28.8 Å². The molecule has 1 atom stereocenters. The molecule has 0 aliphatic heterocycles. The summed E-state index contributed by atoms with van der Waals surface area (Å²) in [6.45, 7) is 5.74. The van der Waals surface area contributed by atoms with Crippen LogP contribution < -0.4 is 5.32 Å². The van der Waals surface area contributed by atoms with E-state index in [0.29, 0.717) is 6.42 Å². The van der Waals surface area contributed by atoms with Crippen molar-refractivity contribution < 1.29 is 19.4 Å². The number of phenolic OH excluding ortho intramolecular Hbond substituents is 1. The van der Waals surface area contributed by atoms with E-state index < -0.39 is 11.7 Å². The Bertz CT molecular complexity index is 454. The summed E-state index contributed by atoms with van der Waals surface area (Å²) in [6.07, 6.45) is 0.398. The molecule has 0 fully saturated rings. The Kier molecular flexibility index (Phi) is 4.89. The van der Waals surface area contributed by atoms with Crippen molar-refractivity contribution in [3.8, 4) is 5.75 Å². The van der Waals surface area contributed by atoms with Gasteiger partial charge in [-0.25, -0.2) is 4.39 Å². The van der Waals surface area contributed by atoms with Gasteiger partial charge < -0.3 is 15.5 Å². The van der Waals surface area contributed by atoms with Crippen molar-refractivity contribution in [3.05, 3.63) is 29.6 Å². The van der Waals surface area contributed by atoms with Crippen LogP contribution in [0.3, 0.4) is 0 Å². The number of rotatable bonds is 4. The number of halogens is 1. The Balaban J connectivity index is 2.88. The number of nitrogens with one attached hydrogen (secondary N) is 1. The van der Waals surface area contributed by atoms with Gasteiger partial charge in [-0.1, -0.05) is 20.8 Å². The lowest BCUT2D eigenvalue weighted by Crippen LogP contribution is -2.44. The molecule has 1 unspecified atom stereocenters. The lowest BCUT2D eigenvalue weighted by atomic mass is 9.84. The Morgan fingerprint density at radius 1 is 1.42 bits per heavy atom. The van der Waals surface area contributed by atoms with Crippen molar-refractivity contribution in [1.82, 2.24) is 5.32 Å². The summed E-state index contributed by atoms with van der Waals surface area (Å²) in [7, 11) is 0. The lowest BCUT2D eigenvalue weighted by molar-refractivity contribution is 0.0881. The normalized spacial score (nSPS) is 13.1. The zero-order chi connectivity index (χ0) is 14.6. The Morgan fingerprint density at radius 3 is 2.53 bits per heavy atom. The van der Waals surface area contributed by atoms with E-state index in [-0.39, 0.29) is 29.4 Å². The molecule has 106 valence electrons. The van der Waals surface area contributed by atoms with Crippen molar-refractivity contribution >= 4 is 5.91 Å². The quantitative estimate of drug-likeness (QED) is 0.783. The minimum Gasteiger partial charge on any atom is -0.508 e. The van der Waals surface area contributed by atoms with Crippen LogP contribution in [0, 0.1) is 11.2 Å². The predicted molar refractivity (Wildman–Crippen MR) is 70.5 cm³/mol. The van der Waals surface area contributed by atoms with Crippen LogP contribution in [0.5, 0.6) is 5.75 Å². The summed E-state index contributed by atoms with van der Waals surface area (Å²) < 4.78 is 13.6. The first kappa shape index (κ1) is 15.4. The van der Waals surface area contributed by atoms with E-state index >= 15 is 0 Å². The number of phenols is 1. The van der Waals surface area contributed by atoms with Gasteiger partial charge in [0.2, 0.25) is 0 Å². The van der Waals surface area contributed by atoms with Gasteiger partial charge in [0.25, 0.3) is 5.91 Å². The number of carbonyl (C=O) groups is 1. The summed E-state index contributed by atoms with van der Waals surface area (Å²) >= 11 is 0. The molecule has 0 bridgehead atoms. The third-order valence-corrected chi connectivity index (χ3v) is 2.97. The van der Waals surface area contributed by atoms with Crippen molar-refractivity contribution in [2.24, 2.45) is 5.41 Å². The smallest absolute Gasteiger partial charge is 0.254 e. The van der Waals surface area contributed by atoms with E-state index in [9.17, 15) is 9.18 Å². The van der Waals surface area contributed by atoms with Crippen LogP contribution in [0.15, 0.2) is 18.2 Å². The van der Waals surface area contributed by atoms with Crippen molar-refractivity contribution in [2.45, 2.75) is 33.2 Å². The molecule has 1 rings (SSSR count). The number of hydrogen-bond acceptors (Lipinski definition) is 3. The van der Waals surface area contributed by atoms with Crippen LogP contribution in [0.25, 0.3) is 0 Å². The number of carbonyl (C=O) groups excluding carboxylic acids is 1. The monoisotopic (exact) mass is 269 g/mol. The van der Waals surface area contributed by atoms with Gasteiger partial charge in [-0.05, 0) is 24.0 Å². The first-order valence-corrected chi connectivity index (χ1v) is 6.16. The molecule has 0 heterocycles. The number of aliphatic hydroxyl groups excluding tert-OH is 1. The van der Waals surface area contributed by atoms with Crippen LogP contribution in [0.1, 0.15) is 37.6 Å². The van der Waals surface area contributed by atoms with Gasteiger partial charge in [0.15, 0.2) is 0 Å². The molecule has 0 aliphatic carbocycles. The largest absolute Gasteiger partial charge is 0.508 e. The van der Waals surface area contributed by atoms with Gasteiger partial charge in [0.1, 0.15) is 11.6 Å². The SMILES string of the molecule is CC(C)(C)C(CCO)NC(=O)c1ccc(O)cc1F. The van der Waals surface area contributed by atoms with Gasteiger partial charge in [0, 0.05) is 18.7 Å². The summed E-state index contributed by atoms with van der Waals surface area (Å²) in [4.78, 5) is 12.0. The molecule has 1 aromatic carbocycles. The molecule has 4 nitrogen and oxygen atoms in total. The fourth-order valence-electron chi connectivity index (χ4n) is 1.77. The third-order valence-electron chi connectivity index (χ3n) is 2.97. The number of aliphatic hydroxyl groups is 1. The predicted octanol–water partition coefficient (Wildman–Crippen LogP) is 2.06.